The van der Waals surface area contributed by atoms with Crippen LogP contribution in [0.25, 0.3) is 22.3 Å². The van der Waals surface area contributed by atoms with E-state index in [1.54, 1.807) is 0 Å². The molecule has 0 fully saturated rings. The molecule has 1 heterocycles. The van der Waals surface area contributed by atoms with E-state index >= 15 is 0 Å². The first-order chi connectivity index (χ1) is 13.1. The van der Waals surface area contributed by atoms with Crippen molar-refractivity contribution in [3.8, 4) is 11.4 Å². The van der Waals surface area contributed by atoms with Gasteiger partial charge in [-0.25, -0.2) is 9.97 Å². The van der Waals surface area contributed by atoms with E-state index in [0.29, 0.717) is 5.92 Å². The highest BCUT2D eigenvalue weighted by atomic mass is 15.0. The van der Waals surface area contributed by atoms with Crippen LogP contribution in [0.3, 0.4) is 0 Å². The number of benzene rings is 2. The second kappa shape index (κ2) is 8.58. The molecule has 3 aromatic rings. The van der Waals surface area contributed by atoms with Crippen LogP contribution >= 0.6 is 0 Å². The van der Waals surface area contributed by atoms with Crippen molar-refractivity contribution in [3.05, 3.63) is 66.4 Å². The van der Waals surface area contributed by atoms with E-state index in [1.807, 2.05) is 61.5 Å². The van der Waals surface area contributed by atoms with Crippen molar-refractivity contribution in [2.45, 2.75) is 27.7 Å². The lowest BCUT2D eigenvalue weighted by atomic mass is 10.1. The predicted molar refractivity (Wildman–Crippen MR) is 115 cm³/mol. The molecule has 0 aliphatic rings. The van der Waals surface area contributed by atoms with Gasteiger partial charge in [0.15, 0.2) is 5.82 Å². The average molecular weight is 358 g/mol. The topological polar surface area (TPSA) is 50.2 Å². The SMILES string of the molecule is CCN=C(/C=C(\C)Nc1nc(-c2ccccc2)nc2ccccc12)C(C)C. The van der Waals surface area contributed by atoms with Gasteiger partial charge in [0.1, 0.15) is 5.82 Å². The molecule has 0 aliphatic heterocycles. The third-order valence-corrected chi connectivity index (χ3v) is 4.25. The molecule has 1 N–H and O–H groups in total. The van der Waals surface area contributed by atoms with Crippen LogP contribution in [0.5, 0.6) is 0 Å². The van der Waals surface area contributed by atoms with Crippen LogP contribution in [-0.4, -0.2) is 22.2 Å². The number of fused-ring (bicyclic) bond motifs is 1. The predicted octanol–water partition coefficient (Wildman–Crippen LogP) is 5.73. The Kier molecular flexibility index (Phi) is 5.97. The summed E-state index contributed by atoms with van der Waals surface area (Å²) in [4.78, 5) is 14.1. The Hall–Kier alpha value is -3.01. The van der Waals surface area contributed by atoms with Gasteiger partial charge in [0.2, 0.25) is 0 Å². The van der Waals surface area contributed by atoms with Crippen molar-refractivity contribution < 1.29 is 0 Å². The Bertz CT molecular complexity index is 972. The van der Waals surface area contributed by atoms with Gasteiger partial charge in [-0.05, 0) is 38.0 Å². The van der Waals surface area contributed by atoms with E-state index < -0.39 is 0 Å². The van der Waals surface area contributed by atoms with E-state index in [2.05, 4.69) is 37.2 Å². The third-order valence-electron chi connectivity index (χ3n) is 4.25. The summed E-state index contributed by atoms with van der Waals surface area (Å²) < 4.78 is 0. The Morgan fingerprint density at radius 3 is 2.44 bits per heavy atom. The molecule has 0 amide bonds. The summed E-state index contributed by atoms with van der Waals surface area (Å²) in [6, 6.07) is 18.1. The highest BCUT2D eigenvalue weighted by Crippen LogP contribution is 2.25. The molecule has 138 valence electrons. The van der Waals surface area contributed by atoms with Crippen molar-refractivity contribution in [2.75, 3.05) is 11.9 Å². The molecule has 3 rings (SSSR count). The van der Waals surface area contributed by atoms with Crippen LogP contribution in [0.4, 0.5) is 5.82 Å². The fraction of sp³-hybridized carbons (Fsp3) is 0.261. The van der Waals surface area contributed by atoms with Crippen LogP contribution < -0.4 is 5.32 Å². The van der Waals surface area contributed by atoms with Crippen LogP contribution in [0.1, 0.15) is 27.7 Å². The molecule has 1 aromatic heterocycles. The average Bonchev–Trinajstić information content (AvgIpc) is 2.68. The molecular weight excluding hydrogens is 332 g/mol. The quantitative estimate of drug-likeness (QED) is 0.573. The summed E-state index contributed by atoms with van der Waals surface area (Å²) in [7, 11) is 0. The number of aliphatic imine (C=N–C) groups is 1. The maximum Gasteiger partial charge on any atom is 0.162 e. The molecular formula is C23H26N4. The molecule has 0 aliphatic carbocycles. The summed E-state index contributed by atoms with van der Waals surface area (Å²) in [5.74, 6) is 1.91. The van der Waals surface area contributed by atoms with Crippen molar-refractivity contribution in [2.24, 2.45) is 10.9 Å². The second-order valence-electron chi connectivity index (χ2n) is 6.79. The van der Waals surface area contributed by atoms with Gasteiger partial charge in [-0.15, -0.1) is 0 Å². The van der Waals surface area contributed by atoms with Crippen LogP contribution in [0.15, 0.2) is 71.4 Å². The summed E-state index contributed by atoms with van der Waals surface area (Å²) in [6.45, 7) is 9.21. The van der Waals surface area contributed by atoms with Crippen LogP contribution in [0, 0.1) is 5.92 Å². The zero-order chi connectivity index (χ0) is 19.2. The van der Waals surface area contributed by atoms with Gasteiger partial charge in [0.25, 0.3) is 0 Å². The number of aromatic nitrogens is 2. The van der Waals surface area contributed by atoms with E-state index in [4.69, 9.17) is 9.97 Å². The fourth-order valence-electron chi connectivity index (χ4n) is 2.91. The molecule has 27 heavy (non-hydrogen) atoms. The number of nitrogens with zero attached hydrogens (tertiary/aromatic N) is 3. The lowest BCUT2D eigenvalue weighted by Crippen LogP contribution is -2.09. The highest BCUT2D eigenvalue weighted by Gasteiger charge is 2.10. The molecule has 0 spiro atoms. The monoisotopic (exact) mass is 358 g/mol. The number of allylic oxidation sites excluding steroid dienone is 2. The van der Waals surface area contributed by atoms with E-state index in [-0.39, 0.29) is 0 Å². The third kappa shape index (κ3) is 4.59. The Morgan fingerprint density at radius 2 is 1.74 bits per heavy atom. The van der Waals surface area contributed by atoms with Crippen molar-refractivity contribution in [3.63, 3.8) is 0 Å². The van der Waals surface area contributed by atoms with Crippen molar-refractivity contribution in [1.82, 2.24) is 9.97 Å². The normalized spacial score (nSPS) is 12.6. The van der Waals surface area contributed by atoms with E-state index in [9.17, 15) is 0 Å². The first-order valence-electron chi connectivity index (χ1n) is 9.40. The summed E-state index contributed by atoms with van der Waals surface area (Å²) in [5.41, 5.74) is 4.03. The fourth-order valence-corrected chi connectivity index (χ4v) is 2.91. The molecule has 4 heteroatoms. The largest absolute Gasteiger partial charge is 0.343 e. The molecule has 0 unspecified atom stereocenters. The first kappa shape index (κ1) is 18.8. The van der Waals surface area contributed by atoms with Gasteiger partial charge in [-0.3, -0.25) is 4.99 Å². The van der Waals surface area contributed by atoms with Crippen LogP contribution in [-0.2, 0) is 0 Å². The maximum atomic E-state index is 4.81. The van der Waals surface area contributed by atoms with Gasteiger partial charge in [0, 0.05) is 28.9 Å². The molecule has 4 nitrogen and oxygen atoms in total. The minimum absolute atomic E-state index is 0.378. The Morgan fingerprint density at radius 1 is 1.04 bits per heavy atom. The first-order valence-corrected chi connectivity index (χ1v) is 9.40. The van der Waals surface area contributed by atoms with Gasteiger partial charge in [-0.1, -0.05) is 56.3 Å². The maximum absolute atomic E-state index is 4.81. The standard InChI is InChI=1S/C23H26N4/c1-5-24-21(16(2)3)15-17(4)25-23-19-13-9-10-14-20(19)26-22(27-23)18-11-7-6-8-12-18/h6-16H,5H2,1-4H3,(H,25,26,27)/b17-15+,24-21?. The molecule has 0 bridgehead atoms. The minimum atomic E-state index is 0.378. The summed E-state index contributed by atoms with van der Waals surface area (Å²) in [5, 5.41) is 4.47. The van der Waals surface area contributed by atoms with Gasteiger partial charge in [-0.2, -0.15) is 0 Å². The van der Waals surface area contributed by atoms with Gasteiger partial charge in [0.05, 0.1) is 5.52 Å². The highest BCUT2D eigenvalue weighted by molar-refractivity contribution is 5.98. The number of rotatable bonds is 6. The van der Waals surface area contributed by atoms with Crippen molar-refractivity contribution in [1.29, 1.82) is 0 Å². The number of para-hydroxylation sites is 1. The van der Waals surface area contributed by atoms with E-state index in [1.165, 1.54) is 0 Å². The summed E-state index contributed by atoms with van der Waals surface area (Å²) in [6.07, 6.45) is 2.10. The minimum Gasteiger partial charge on any atom is -0.343 e. The number of nitrogens with one attached hydrogen (secondary N) is 1. The number of hydrogen-bond acceptors (Lipinski definition) is 4. The second-order valence-corrected chi connectivity index (χ2v) is 6.79. The molecule has 0 atom stereocenters. The molecule has 0 saturated heterocycles. The Labute approximate surface area is 161 Å². The lowest BCUT2D eigenvalue weighted by Gasteiger charge is -2.13. The number of hydrogen-bond donors (Lipinski definition) is 1. The Balaban J connectivity index is 2.04. The number of anilines is 1. The zero-order valence-corrected chi connectivity index (χ0v) is 16.4. The molecule has 0 radical (unpaired) electrons. The summed E-state index contributed by atoms with van der Waals surface area (Å²) >= 11 is 0. The van der Waals surface area contributed by atoms with Crippen LogP contribution in [0.2, 0.25) is 0 Å². The smallest absolute Gasteiger partial charge is 0.162 e. The van der Waals surface area contributed by atoms with Crippen molar-refractivity contribution >= 4 is 22.4 Å². The van der Waals surface area contributed by atoms with Gasteiger partial charge < -0.3 is 5.32 Å². The molecule has 2 aromatic carbocycles. The molecule has 0 saturated carbocycles. The lowest BCUT2D eigenvalue weighted by molar-refractivity contribution is 0.876. The van der Waals surface area contributed by atoms with E-state index in [0.717, 1.165) is 46.1 Å². The van der Waals surface area contributed by atoms with Gasteiger partial charge >= 0.3 is 0 Å². The zero-order valence-electron chi connectivity index (χ0n) is 16.4.